The maximum absolute atomic E-state index is 12.5. The van der Waals surface area contributed by atoms with Gasteiger partial charge in [-0.25, -0.2) is 4.98 Å². The summed E-state index contributed by atoms with van der Waals surface area (Å²) in [7, 11) is 3.42. The Bertz CT molecular complexity index is 504. The summed E-state index contributed by atoms with van der Waals surface area (Å²) >= 11 is 3.28. The summed E-state index contributed by atoms with van der Waals surface area (Å²) in [6, 6.07) is 3.08. The van der Waals surface area contributed by atoms with E-state index in [1.54, 1.807) is 37.3 Å². The Balaban J connectivity index is 2.24. The first-order valence-electron chi connectivity index (χ1n) is 6.15. The summed E-state index contributed by atoms with van der Waals surface area (Å²) < 4.78 is 0.517. The normalized spacial score (nSPS) is 18.5. The summed E-state index contributed by atoms with van der Waals surface area (Å²) in [6.45, 7) is 0.615. The van der Waals surface area contributed by atoms with Crippen molar-refractivity contribution in [3.8, 4) is 0 Å². The van der Waals surface area contributed by atoms with Crippen molar-refractivity contribution >= 4 is 27.7 Å². The Morgan fingerprint density at radius 3 is 2.84 bits per heavy atom. The minimum Gasteiger partial charge on any atom is -0.347 e. The number of likely N-dealkylation sites (N-methyl/N-ethyl adjacent to an activating group) is 1. The monoisotopic (exact) mass is 325 g/mol. The zero-order chi connectivity index (χ0) is 14.0. The molecule has 1 saturated heterocycles. The minimum absolute atomic E-state index is 0.0223. The Hall–Kier alpha value is -1.43. The van der Waals surface area contributed by atoms with Crippen LogP contribution in [0.2, 0.25) is 0 Å². The van der Waals surface area contributed by atoms with Gasteiger partial charge in [-0.1, -0.05) is 0 Å². The number of halogens is 1. The van der Waals surface area contributed by atoms with Crippen LogP contribution in [-0.2, 0) is 4.79 Å². The van der Waals surface area contributed by atoms with Crippen LogP contribution in [-0.4, -0.2) is 53.3 Å². The van der Waals surface area contributed by atoms with Gasteiger partial charge in [0.2, 0.25) is 5.91 Å². The molecule has 0 N–H and O–H groups in total. The number of hydrogen-bond acceptors (Lipinski definition) is 3. The van der Waals surface area contributed by atoms with Gasteiger partial charge in [0, 0.05) is 26.8 Å². The van der Waals surface area contributed by atoms with Crippen molar-refractivity contribution in [1.82, 2.24) is 14.8 Å². The molecule has 0 saturated carbocycles. The molecule has 19 heavy (non-hydrogen) atoms. The maximum Gasteiger partial charge on any atom is 0.257 e. The van der Waals surface area contributed by atoms with E-state index in [1.807, 2.05) is 0 Å². The molecular weight excluding hydrogens is 310 g/mol. The van der Waals surface area contributed by atoms with E-state index in [9.17, 15) is 9.59 Å². The van der Waals surface area contributed by atoms with E-state index in [0.717, 1.165) is 12.8 Å². The summed E-state index contributed by atoms with van der Waals surface area (Å²) in [5.74, 6) is -0.163. The van der Waals surface area contributed by atoms with Gasteiger partial charge in [0.15, 0.2) is 0 Å². The molecule has 2 rings (SSSR count). The number of amides is 2. The van der Waals surface area contributed by atoms with Gasteiger partial charge >= 0.3 is 0 Å². The molecule has 1 aromatic rings. The van der Waals surface area contributed by atoms with E-state index in [-0.39, 0.29) is 17.9 Å². The highest BCUT2D eigenvalue weighted by Gasteiger charge is 2.35. The number of rotatable bonds is 2. The van der Waals surface area contributed by atoms with Crippen molar-refractivity contribution in [3.05, 3.63) is 28.5 Å². The molecule has 1 aliphatic rings. The first kappa shape index (κ1) is 14.0. The molecule has 0 aliphatic carbocycles. The maximum atomic E-state index is 12.5. The molecular formula is C13H16BrN3O2. The van der Waals surface area contributed by atoms with Crippen molar-refractivity contribution in [3.63, 3.8) is 0 Å². The van der Waals surface area contributed by atoms with Crippen LogP contribution in [0.15, 0.2) is 22.9 Å². The number of nitrogens with zero attached hydrogens (tertiary/aromatic N) is 3. The molecule has 0 aromatic carbocycles. The summed E-state index contributed by atoms with van der Waals surface area (Å²) in [6.07, 6.45) is 3.20. The highest BCUT2D eigenvalue weighted by molar-refractivity contribution is 9.10. The molecule has 2 heterocycles. The number of carbonyl (C=O) groups is 2. The van der Waals surface area contributed by atoms with Crippen LogP contribution in [0.5, 0.6) is 0 Å². The Kier molecular flexibility index (Phi) is 4.19. The van der Waals surface area contributed by atoms with E-state index in [1.165, 1.54) is 4.90 Å². The fourth-order valence-corrected chi connectivity index (χ4v) is 2.68. The van der Waals surface area contributed by atoms with Gasteiger partial charge in [0.1, 0.15) is 10.6 Å². The molecule has 102 valence electrons. The zero-order valence-corrected chi connectivity index (χ0v) is 12.6. The molecule has 1 atom stereocenters. The minimum atomic E-state index is -0.352. The van der Waals surface area contributed by atoms with Crippen LogP contribution in [0, 0.1) is 0 Å². The largest absolute Gasteiger partial charge is 0.347 e. The van der Waals surface area contributed by atoms with Crippen LogP contribution in [0.1, 0.15) is 23.2 Å². The SMILES string of the molecule is CN(C)C(=O)C1CCCN1C(=O)c1cccnc1Br. The average molecular weight is 326 g/mol. The van der Waals surface area contributed by atoms with Crippen LogP contribution >= 0.6 is 15.9 Å². The highest BCUT2D eigenvalue weighted by Crippen LogP contribution is 2.23. The summed E-state index contributed by atoms with van der Waals surface area (Å²) in [5, 5.41) is 0. The topological polar surface area (TPSA) is 53.5 Å². The van der Waals surface area contributed by atoms with Gasteiger partial charge in [-0.2, -0.15) is 0 Å². The number of hydrogen-bond donors (Lipinski definition) is 0. The third-order valence-corrected chi connectivity index (χ3v) is 3.86. The zero-order valence-electron chi connectivity index (χ0n) is 11.0. The number of aromatic nitrogens is 1. The standard InChI is InChI=1S/C13H16BrN3O2/c1-16(2)13(19)10-6-4-8-17(10)12(18)9-5-3-7-15-11(9)14/h3,5,7,10H,4,6,8H2,1-2H3. The lowest BCUT2D eigenvalue weighted by atomic mass is 10.2. The Morgan fingerprint density at radius 1 is 1.47 bits per heavy atom. The number of carbonyl (C=O) groups excluding carboxylic acids is 2. The van der Waals surface area contributed by atoms with Gasteiger partial charge in [0.25, 0.3) is 5.91 Å². The molecule has 0 radical (unpaired) electrons. The Morgan fingerprint density at radius 2 is 2.21 bits per heavy atom. The van der Waals surface area contributed by atoms with Crippen LogP contribution in [0.3, 0.4) is 0 Å². The quantitative estimate of drug-likeness (QED) is 0.775. The predicted octanol–water partition coefficient (Wildman–Crippen LogP) is 1.54. The van der Waals surface area contributed by atoms with Crippen molar-refractivity contribution < 1.29 is 9.59 Å². The fraction of sp³-hybridized carbons (Fsp3) is 0.462. The summed E-state index contributed by atoms with van der Waals surface area (Å²) in [5.41, 5.74) is 0.501. The molecule has 1 fully saturated rings. The molecule has 1 aliphatic heterocycles. The van der Waals surface area contributed by atoms with Crippen molar-refractivity contribution in [2.75, 3.05) is 20.6 Å². The lowest BCUT2D eigenvalue weighted by molar-refractivity contribution is -0.132. The van der Waals surface area contributed by atoms with Crippen LogP contribution < -0.4 is 0 Å². The first-order chi connectivity index (χ1) is 9.02. The van der Waals surface area contributed by atoms with Gasteiger partial charge in [-0.05, 0) is 40.9 Å². The third-order valence-electron chi connectivity index (χ3n) is 3.23. The molecule has 1 unspecified atom stereocenters. The average Bonchev–Trinajstić information content (AvgIpc) is 2.86. The lowest BCUT2D eigenvalue weighted by Crippen LogP contribution is -2.45. The molecule has 2 amide bonds. The fourth-order valence-electron chi connectivity index (χ4n) is 2.26. The Labute approximate surface area is 120 Å². The van der Waals surface area contributed by atoms with E-state index >= 15 is 0 Å². The van der Waals surface area contributed by atoms with Crippen LogP contribution in [0.4, 0.5) is 0 Å². The van der Waals surface area contributed by atoms with Gasteiger partial charge in [0.05, 0.1) is 5.56 Å². The van der Waals surface area contributed by atoms with Crippen molar-refractivity contribution in [2.45, 2.75) is 18.9 Å². The predicted molar refractivity (Wildman–Crippen MR) is 74.7 cm³/mol. The van der Waals surface area contributed by atoms with E-state index in [0.29, 0.717) is 16.7 Å². The molecule has 1 aromatic heterocycles. The van der Waals surface area contributed by atoms with Gasteiger partial charge in [-0.15, -0.1) is 0 Å². The van der Waals surface area contributed by atoms with E-state index in [2.05, 4.69) is 20.9 Å². The van der Waals surface area contributed by atoms with Gasteiger partial charge < -0.3 is 9.80 Å². The molecule has 0 spiro atoms. The smallest absolute Gasteiger partial charge is 0.257 e. The second kappa shape index (κ2) is 5.69. The first-order valence-corrected chi connectivity index (χ1v) is 6.94. The van der Waals surface area contributed by atoms with Crippen molar-refractivity contribution in [2.24, 2.45) is 0 Å². The van der Waals surface area contributed by atoms with Crippen LogP contribution in [0.25, 0.3) is 0 Å². The molecule has 6 heteroatoms. The summed E-state index contributed by atoms with van der Waals surface area (Å²) in [4.78, 5) is 31.8. The number of likely N-dealkylation sites (tertiary alicyclic amines) is 1. The van der Waals surface area contributed by atoms with Crippen molar-refractivity contribution in [1.29, 1.82) is 0 Å². The lowest BCUT2D eigenvalue weighted by Gasteiger charge is -2.26. The second-order valence-electron chi connectivity index (χ2n) is 4.73. The highest BCUT2D eigenvalue weighted by atomic mass is 79.9. The third kappa shape index (κ3) is 2.78. The van der Waals surface area contributed by atoms with Gasteiger partial charge in [-0.3, -0.25) is 9.59 Å². The van der Waals surface area contributed by atoms with E-state index < -0.39 is 0 Å². The number of pyridine rings is 1. The molecule has 0 bridgehead atoms. The van der Waals surface area contributed by atoms with E-state index in [4.69, 9.17) is 0 Å². The molecule has 5 nitrogen and oxygen atoms in total. The second-order valence-corrected chi connectivity index (χ2v) is 5.48.